The summed E-state index contributed by atoms with van der Waals surface area (Å²) in [6, 6.07) is -0.157. The molecule has 1 unspecified atom stereocenters. The van der Waals surface area contributed by atoms with Crippen LogP contribution in [0, 0.1) is 0 Å². The van der Waals surface area contributed by atoms with Crippen molar-refractivity contribution in [2.24, 2.45) is 5.84 Å². The van der Waals surface area contributed by atoms with Crippen molar-refractivity contribution in [3.8, 4) is 0 Å². The molecule has 3 N–H and O–H groups in total. The van der Waals surface area contributed by atoms with E-state index in [1.807, 2.05) is 0 Å². The lowest BCUT2D eigenvalue weighted by atomic mass is 10.1. The topological polar surface area (TPSA) is 98.0 Å². The number of hydrogen-bond acceptors (Lipinski definition) is 6. The van der Waals surface area contributed by atoms with E-state index in [4.69, 9.17) is 5.84 Å². The van der Waals surface area contributed by atoms with Crippen molar-refractivity contribution in [1.29, 1.82) is 0 Å². The van der Waals surface area contributed by atoms with Crippen LogP contribution in [0.3, 0.4) is 0 Å². The summed E-state index contributed by atoms with van der Waals surface area (Å²) in [6.07, 6.45) is 5.97. The lowest BCUT2D eigenvalue weighted by Crippen LogP contribution is -2.29. The molecule has 0 saturated heterocycles. The quantitative estimate of drug-likeness (QED) is 0.535. The number of rotatable bonds is 7. The van der Waals surface area contributed by atoms with Crippen LogP contribution in [0.4, 0.5) is 0 Å². The number of aromatic nitrogens is 2. The lowest BCUT2D eigenvalue weighted by molar-refractivity contribution is 0.495. The monoisotopic (exact) mass is 258 g/mol. The van der Waals surface area contributed by atoms with Crippen molar-refractivity contribution in [3.05, 3.63) is 24.3 Å². The van der Waals surface area contributed by atoms with E-state index in [2.05, 4.69) is 15.4 Å². The number of hydrogen-bond donors (Lipinski definition) is 2. The summed E-state index contributed by atoms with van der Waals surface area (Å²) < 4.78 is 22.7. The second-order valence-corrected chi connectivity index (χ2v) is 6.20. The SMILES string of the molecule is CCS(=O)(=O)CCCC(NN)c1cnccn1. The molecule has 0 spiro atoms. The summed E-state index contributed by atoms with van der Waals surface area (Å²) in [4.78, 5) is 8.08. The molecule has 6 nitrogen and oxygen atoms in total. The van der Waals surface area contributed by atoms with E-state index < -0.39 is 9.84 Å². The summed E-state index contributed by atoms with van der Waals surface area (Å²) in [5, 5.41) is 0. The Bertz CT molecular complexity index is 421. The van der Waals surface area contributed by atoms with Gasteiger partial charge in [0, 0.05) is 18.1 Å². The van der Waals surface area contributed by atoms with Gasteiger partial charge in [-0.1, -0.05) is 6.92 Å². The van der Waals surface area contributed by atoms with Gasteiger partial charge >= 0.3 is 0 Å². The van der Waals surface area contributed by atoms with Crippen LogP contribution in [0.15, 0.2) is 18.6 Å². The first-order valence-corrected chi connectivity index (χ1v) is 7.33. The van der Waals surface area contributed by atoms with Crippen molar-refractivity contribution in [3.63, 3.8) is 0 Å². The Morgan fingerprint density at radius 1 is 1.47 bits per heavy atom. The molecule has 0 aliphatic heterocycles. The number of hydrazine groups is 1. The third-order valence-electron chi connectivity index (χ3n) is 2.53. The summed E-state index contributed by atoms with van der Waals surface area (Å²) in [5.41, 5.74) is 3.35. The average Bonchev–Trinajstić information content (AvgIpc) is 2.36. The van der Waals surface area contributed by atoms with E-state index in [1.54, 1.807) is 25.5 Å². The molecule has 1 aromatic heterocycles. The van der Waals surface area contributed by atoms with Gasteiger partial charge in [0.2, 0.25) is 0 Å². The molecule has 0 aliphatic carbocycles. The minimum atomic E-state index is -2.91. The van der Waals surface area contributed by atoms with Gasteiger partial charge in [-0.2, -0.15) is 0 Å². The van der Waals surface area contributed by atoms with Gasteiger partial charge in [-0.05, 0) is 12.8 Å². The van der Waals surface area contributed by atoms with Crippen LogP contribution in [0.25, 0.3) is 0 Å². The highest BCUT2D eigenvalue weighted by Crippen LogP contribution is 2.14. The second-order valence-electron chi connectivity index (χ2n) is 3.73. The Hall–Kier alpha value is -1.05. The highest BCUT2D eigenvalue weighted by atomic mass is 32.2. The van der Waals surface area contributed by atoms with Gasteiger partial charge in [0.05, 0.1) is 23.7 Å². The zero-order chi connectivity index (χ0) is 12.7. The number of nitrogens with one attached hydrogen (secondary N) is 1. The van der Waals surface area contributed by atoms with Crippen LogP contribution in [0.5, 0.6) is 0 Å². The van der Waals surface area contributed by atoms with E-state index in [0.717, 1.165) is 5.69 Å². The molecule has 1 aromatic rings. The molecule has 0 bridgehead atoms. The molecular formula is C10H18N4O2S. The normalized spacial score (nSPS) is 13.5. The smallest absolute Gasteiger partial charge is 0.150 e. The van der Waals surface area contributed by atoms with Crippen LogP contribution in [-0.4, -0.2) is 29.9 Å². The third kappa shape index (κ3) is 4.76. The molecule has 1 rings (SSSR count). The average molecular weight is 258 g/mol. The van der Waals surface area contributed by atoms with Crippen LogP contribution in [0.2, 0.25) is 0 Å². The Morgan fingerprint density at radius 3 is 2.76 bits per heavy atom. The predicted molar refractivity (Wildman–Crippen MR) is 65.7 cm³/mol. The summed E-state index contributed by atoms with van der Waals surface area (Å²) in [6.45, 7) is 1.65. The van der Waals surface area contributed by atoms with Crippen LogP contribution in [0.1, 0.15) is 31.5 Å². The molecular weight excluding hydrogens is 240 g/mol. The van der Waals surface area contributed by atoms with Gasteiger partial charge in [-0.3, -0.25) is 21.2 Å². The van der Waals surface area contributed by atoms with Crippen molar-refractivity contribution in [2.45, 2.75) is 25.8 Å². The van der Waals surface area contributed by atoms with Crippen LogP contribution in [-0.2, 0) is 9.84 Å². The molecule has 7 heteroatoms. The second kappa shape index (κ2) is 6.63. The van der Waals surface area contributed by atoms with E-state index in [1.165, 1.54) is 0 Å². The largest absolute Gasteiger partial charge is 0.271 e. The van der Waals surface area contributed by atoms with Crippen molar-refractivity contribution >= 4 is 9.84 Å². The zero-order valence-corrected chi connectivity index (χ0v) is 10.7. The fourth-order valence-corrected chi connectivity index (χ4v) is 2.35. The van der Waals surface area contributed by atoms with Gasteiger partial charge in [-0.15, -0.1) is 0 Å². The fraction of sp³-hybridized carbons (Fsp3) is 0.600. The van der Waals surface area contributed by atoms with Crippen molar-refractivity contribution in [2.75, 3.05) is 11.5 Å². The minimum absolute atomic E-state index is 0.157. The van der Waals surface area contributed by atoms with E-state index in [9.17, 15) is 8.42 Å². The molecule has 0 amide bonds. The molecule has 1 atom stereocenters. The first-order chi connectivity index (χ1) is 8.09. The maximum atomic E-state index is 11.3. The first kappa shape index (κ1) is 14.0. The standard InChI is InChI=1S/C10H18N4O2S/c1-2-17(15,16)7-3-4-9(14-11)10-8-12-5-6-13-10/h5-6,8-9,14H,2-4,7,11H2,1H3. The van der Waals surface area contributed by atoms with Crippen molar-refractivity contribution in [1.82, 2.24) is 15.4 Å². The molecule has 96 valence electrons. The minimum Gasteiger partial charge on any atom is -0.271 e. The maximum Gasteiger partial charge on any atom is 0.150 e. The summed E-state index contributed by atoms with van der Waals surface area (Å²) >= 11 is 0. The zero-order valence-electron chi connectivity index (χ0n) is 9.83. The van der Waals surface area contributed by atoms with Gasteiger partial charge in [0.1, 0.15) is 9.84 Å². The van der Waals surface area contributed by atoms with Gasteiger partial charge in [0.15, 0.2) is 0 Å². The molecule has 0 radical (unpaired) electrons. The van der Waals surface area contributed by atoms with Gasteiger partial charge in [0.25, 0.3) is 0 Å². The summed E-state index contributed by atoms with van der Waals surface area (Å²) in [5.74, 6) is 5.78. The maximum absolute atomic E-state index is 11.3. The van der Waals surface area contributed by atoms with E-state index in [0.29, 0.717) is 12.8 Å². The molecule has 0 fully saturated rings. The van der Waals surface area contributed by atoms with Crippen LogP contribution >= 0.6 is 0 Å². The highest BCUT2D eigenvalue weighted by molar-refractivity contribution is 7.91. The number of nitrogens with two attached hydrogens (primary N) is 1. The Kier molecular flexibility index (Phi) is 5.46. The van der Waals surface area contributed by atoms with Gasteiger partial charge in [-0.25, -0.2) is 8.42 Å². The van der Waals surface area contributed by atoms with E-state index in [-0.39, 0.29) is 17.5 Å². The van der Waals surface area contributed by atoms with Gasteiger partial charge < -0.3 is 0 Å². The first-order valence-electron chi connectivity index (χ1n) is 5.51. The summed E-state index contributed by atoms with van der Waals surface area (Å²) in [7, 11) is -2.91. The third-order valence-corrected chi connectivity index (χ3v) is 4.32. The predicted octanol–water partition coefficient (Wildman–Crippen LogP) is 0.196. The molecule has 17 heavy (non-hydrogen) atoms. The van der Waals surface area contributed by atoms with Crippen molar-refractivity contribution < 1.29 is 8.42 Å². The lowest BCUT2D eigenvalue weighted by Gasteiger charge is -2.14. The molecule has 1 heterocycles. The van der Waals surface area contributed by atoms with Crippen LogP contribution < -0.4 is 11.3 Å². The Morgan fingerprint density at radius 2 is 2.24 bits per heavy atom. The number of nitrogens with zero attached hydrogens (tertiary/aromatic N) is 2. The fourth-order valence-electron chi connectivity index (χ4n) is 1.46. The molecule has 0 aliphatic rings. The Labute approximate surface area is 102 Å². The Balaban J connectivity index is 2.50. The number of sulfone groups is 1. The molecule has 0 saturated carbocycles. The van der Waals surface area contributed by atoms with E-state index >= 15 is 0 Å². The molecule has 0 aromatic carbocycles. The highest BCUT2D eigenvalue weighted by Gasteiger charge is 2.13.